The van der Waals surface area contributed by atoms with Crippen molar-refractivity contribution in [2.45, 2.75) is 66.5 Å². The van der Waals surface area contributed by atoms with Crippen molar-refractivity contribution < 1.29 is 9.59 Å². The second kappa shape index (κ2) is 10.8. The third-order valence-corrected chi connectivity index (χ3v) is 5.05. The van der Waals surface area contributed by atoms with Crippen molar-refractivity contribution in [1.29, 1.82) is 0 Å². The number of aryl methyl sites for hydroxylation is 3. The standard InChI is InChI=1S/C25H34N2O2/c1-6-12-26-25(29)23(7-2)27(17-21-10-8-18(3)9-11-21)24(28)16-22-14-19(4)13-20(5)15-22/h8-11,13-15,23H,6-7,12,16-17H2,1-5H3,(H,26,29). The van der Waals surface area contributed by atoms with Crippen molar-refractivity contribution in [3.8, 4) is 0 Å². The highest BCUT2D eigenvalue weighted by Crippen LogP contribution is 2.17. The largest absolute Gasteiger partial charge is 0.354 e. The van der Waals surface area contributed by atoms with Gasteiger partial charge in [0.2, 0.25) is 11.8 Å². The fourth-order valence-corrected chi connectivity index (χ4v) is 3.62. The van der Waals surface area contributed by atoms with Gasteiger partial charge in [0.15, 0.2) is 0 Å². The monoisotopic (exact) mass is 394 g/mol. The van der Waals surface area contributed by atoms with Gasteiger partial charge in [-0.2, -0.15) is 0 Å². The molecule has 1 atom stereocenters. The summed E-state index contributed by atoms with van der Waals surface area (Å²) in [7, 11) is 0. The van der Waals surface area contributed by atoms with Crippen LogP contribution in [0.4, 0.5) is 0 Å². The number of amides is 2. The lowest BCUT2D eigenvalue weighted by atomic mass is 10.0. The predicted octanol–water partition coefficient (Wildman–Crippen LogP) is 4.49. The third-order valence-electron chi connectivity index (χ3n) is 5.05. The van der Waals surface area contributed by atoms with Gasteiger partial charge in [-0.1, -0.05) is 73.0 Å². The normalized spacial score (nSPS) is 11.8. The second-order valence-corrected chi connectivity index (χ2v) is 7.90. The molecule has 2 aromatic rings. The van der Waals surface area contributed by atoms with Crippen LogP contribution in [-0.2, 0) is 22.6 Å². The fourth-order valence-electron chi connectivity index (χ4n) is 3.62. The lowest BCUT2D eigenvalue weighted by Crippen LogP contribution is -2.49. The number of hydrogen-bond donors (Lipinski definition) is 1. The number of benzene rings is 2. The zero-order valence-electron chi connectivity index (χ0n) is 18.4. The van der Waals surface area contributed by atoms with E-state index >= 15 is 0 Å². The van der Waals surface area contributed by atoms with Crippen LogP contribution in [0.2, 0.25) is 0 Å². The zero-order valence-corrected chi connectivity index (χ0v) is 18.4. The Morgan fingerprint density at radius 2 is 1.52 bits per heavy atom. The summed E-state index contributed by atoms with van der Waals surface area (Å²) >= 11 is 0. The molecule has 2 amide bonds. The number of nitrogens with zero attached hydrogens (tertiary/aromatic N) is 1. The fraction of sp³-hybridized carbons (Fsp3) is 0.440. The Bertz CT molecular complexity index is 807. The molecule has 0 aromatic heterocycles. The van der Waals surface area contributed by atoms with E-state index in [-0.39, 0.29) is 11.8 Å². The molecule has 0 radical (unpaired) electrons. The van der Waals surface area contributed by atoms with Gasteiger partial charge in [0.05, 0.1) is 6.42 Å². The summed E-state index contributed by atoms with van der Waals surface area (Å²) in [5.74, 6) is -0.0932. The van der Waals surface area contributed by atoms with Gasteiger partial charge >= 0.3 is 0 Å². The molecule has 0 spiro atoms. The molecule has 29 heavy (non-hydrogen) atoms. The first-order valence-electron chi connectivity index (χ1n) is 10.5. The molecule has 0 heterocycles. The van der Waals surface area contributed by atoms with Crippen LogP contribution in [0.3, 0.4) is 0 Å². The van der Waals surface area contributed by atoms with E-state index in [1.165, 1.54) is 5.56 Å². The maximum Gasteiger partial charge on any atom is 0.242 e. The van der Waals surface area contributed by atoms with Gasteiger partial charge in [-0.05, 0) is 44.7 Å². The Morgan fingerprint density at radius 1 is 0.897 bits per heavy atom. The summed E-state index contributed by atoms with van der Waals surface area (Å²) in [6.07, 6.45) is 1.75. The molecule has 2 rings (SSSR count). The molecule has 4 nitrogen and oxygen atoms in total. The summed E-state index contributed by atoms with van der Waals surface area (Å²) < 4.78 is 0. The van der Waals surface area contributed by atoms with Crippen molar-refractivity contribution in [2.24, 2.45) is 0 Å². The minimum absolute atomic E-state index is 0.0194. The van der Waals surface area contributed by atoms with E-state index in [1.807, 2.05) is 71.0 Å². The van der Waals surface area contributed by atoms with E-state index < -0.39 is 6.04 Å². The topological polar surface area (TPSA) is 49.4 Å². The average Bonchev–Trinajstić information content (AvgIpc) is 2.66. The van der Waals surface area contributed by atoms with Crippen molar-refractivity contribution in [3.05, 3.63) is 70.3 Å². The van der Waals surface area contributed by atoms with Crippen molar-refractivity contribution in [1.82, 2.24) is 10.2 Å². The maximum absolute atomic E-state index is 13.3. The van der Waals surface area contributed by atoms with Crippen molar-refractivity contribution in [2.75, 3.05) is 6.54 Å². The number of carbonyl (C=O) groups is 2. The first kappa shape index (κ1) is 22.7. The Labute approximate surface area is 175 Å². The molecule has 0 bridgehead atoms. The molecule has 0 aliphatic heterocycles. The molecule has 0 aliphatic rings. The van der Waals surface area contributed by atoms with Crippen LogP contribution in [0.25, 0.3) is 0 Å². The Morgan fingerprint density at radius 3 is 2.07 bits per heavy atom. The van der Waals surface area contributed by atoms with Gasteiger partial charge in [-0.15, -0.1) is 0 Å². The van der Waals surface area contributed by atoms with Gasteiger partial charge < -0.3 is 10.2 Å². The highest BCUT2D eigenvalue weighted by Gasteiger charge is 2.28. The molecule has 0 fully saturated rings. The molecule has 4 heteroatoms. The summed E-state index contributed by atoms with van der Waals surface area (Å²) in [6.45, 7) is 11.2. The summed E-state index contributed by atoms with van der Waals surface area (Å²) in [6, 6.07) is 13.9. The molecule has 1 unspecified atom stereocenters. The minimum atomic E-state index is -0.471. The van der Waals surface area contributed by atoms with E-state index in [0.717, 1.165) is 28.7 Å². The first-order chi connectivity index (χ1) is 13.8. The molecule has 0 saturated carbocycles. The van der Waals surface area contributed by atoms with Gasteiger partial charge in [-0.25, -0.2) is 0 Å². The second-order valence-electron chi connectivity index (χ2n) is 7.90. The van der Waals surface area contributed by atoms with Crippen LogP contribution in [0.1, 0.15) is 54.5 Å². The highest BCUT2D eigenvalue weighted by molar-refractivity contribution is 5.88. The molecule has 156 valence electrons. The number of rotatable bonds is 9. The van der Waals surface area contributed by atoms with Crippen LogP contribution >= 0.6 is 0 Å². The number of nitrogens with one attached hydrogen (secondary N) is 1. The van der Waals surface area contributed by atoms with Crippen LogP contribution in [0, 0.1) is 20.8 Å². The van der Waals surface area contributed by atoms with E-state index in [1.54, 1.807) is 4.90 Å². The molecular weight excluding hydrogens is 360 g/mol. The van der Waals surface area contributed by atoms with Gasteiger partial charge in [0, 0.05) is 13.1 Å². The Balaban J connectivity index is 2.29. The van der Waals surface area contributed by atoms with Crippen LogP contribution in [-0.4, -0.2) is 29.3 Å². The minimum Gasteiger partial charge on any atom is -0.354 e. The van der Waals surface area contributed by atoms with E-state index in [0.29, 0.717) is 25.9 Å². The lowest BCUT2D eigenvalue weighted by Gasteiger charge is -2.31. The summed E-state index contributed by atoms with van der Waals surface area (Å²) in [5, 5.41) is 2.96. The zero-order chi connectivity index (χ0) is 21.4. The highest BCUT2D eigenvalue weighted by atomic mass is 16.2. The average molecular weight is 395 g/mol. The maximum atomic E-state index is 13.3. The summed E-state index contributed by atoms with van der Waals surface area (Å²) in [5.41, 5.74) is 5.49. The van der Waals surface area contributed by atoms with E-state index in [9.17, 15) is 9.59 Å². The van der Waals surface area contributed by atoms with Gasteiger partial charge in [-0.3, -0.25) is 9.59 Å². The SMILES string of the molecule is CCCNC(=O)C(CC)N(Cc1ccc(C)cc1)C(=O)Cc1cc(C)cc(C)c1. The van der Waals surface area contributed by atoms with Crippen LogP contribution in [0.5, 0.6) is 0 Å². The third kappa shape index (κ3) is 6.74. The molecular formula is C25H34N2O2. The molecule has 0 aliphatic carbocycles. The quantitative estimate of drug-likeness (QED) is 0.681. The molecule has 1 N–H and O–H groups in total. The van der Waals surface area contributed by atoms with Gasteiger partial charge in [0.1, 0.15) is 6.04 Å². The molecule has 2 aromatic carbocycles. The Hall–Kier alpha value is -2.62. The van der Waals surface area contributed by atoms with Crippen LogP contribution in [0.15, 0.2) is 42.5 Å². The number of hydrogen-bond acceptors (Lipinski definition) is 2. The first-order valence-corrected chi connectivity index (χ1v) is 10.5. The van der Waals surface area contributed by atoms with E-state index in [2.05, 4.69) is 11.4 Å². The van der Waals surface area contributed by atoms with Crippen molar-refractivity contribution >= 4 is 11.8 Å². The van der Waals surface area contributed by atoms with E-state index in [4.69, 9.17) is 0 Å². The smallest absolute Gasteiger partial charge is 0.242 e. The predicted molar refractivity (Wildman–Crippen MR) is 119 cm³/mol. The Kier molecular flexibility index (Phi) is 8.44. The van der Waals surface area contributed by atoms with Crippen LogP contribution < -0.4 is 5.32 Å². The van der Waals surface area contributed by atoms with Gasteiger partial charge in [0.25, 0.3) is 0 Å². The number of carbonyl (C=O) groups excluding carboxylic acids is 2. The molecule has 0 saturated heterocycles. The van der Waals surface area contributed by atoms with Crippen molar-refractivity contribution in [3.63, 3.8) is 0 Å². The lowest BCUT2D eigenvalue weighted by molar-refractivity contribution is -0.140. The summed E-state index contributed by atoms with van der Waals surface area (Å²) in [4.78, 5) is 27.9.